The van der Waals surface area contributed by atoms with Gasteiger partial charge in [-0.1, -0.05) is 25.5 Å². The van der Waals surface area contributed by atoms with E-state index in [9.17, 15) is 4.79 Å². The normalized spacial score (nSPS) is 10.9. The molecule has 0 unspecified atom stereocenters. The largest absolute Gasteiger partial charge is 0.497 e. The minimum Gasteiger partial charge on any atom is -0.497 e. The number of unbranched alkanes of at least 4 members (excludes halogenated alkanes) is 1. The van der Waals surface area contributed by atoms with E-state index in [1.165, 1.54) is 16.9 Å². The molecule has 0 aliphatic rings. The second kappa shape index (κ2) is 11.9. The van der Waals surface area contributed by atoms with Gasteiger partial charge in [-0.05, 0) is 55.7 Å². The van der Waals surface area contributed by atoms with Gasteiger partial charge in [0.2, 0.25) is 0 Å². The molecule has 0 saturated heterocycles. The smallest absolute Gasteiger partial charge is 0.255 e. The molecule has 0 aliphatic carbocycles. The van der Waals surface area contributed by atoms with Gasteiger partial charge in [-0.2, -0.15) is 0 Å². The van der Waals surface area contributed by atoms with Crippen LogP contribution in [0.25, 0.3) is 11.4 Å². The number of benzene rings is 1. The number of hydrogen-bond acceptors (Lipinski definition) is 6. The third kappa shape index (κ3) is 5.94. The van der Waals surface area contributed by atoms with E-state index in [1.54, 1.807) is 19.5 Å². The van der Waals surface area contributed by atoms with Crippen molar-refractivity contribution >= 4 is 28.1 Å². The fourth-order valence-corrected chi connectivity index (χ4v) is 4.83. The fraction of sp³-hybridized carbons (Fsp3) is 0.321. The third-order valence-electron chi connectivity index (χ3n) is 6.25. The number of pyridine rings is 1. The van der Waals surface area contributed by atoms with Crippen LogP contribution in [0.15, 0.2) is 60.2 Å². The van der Waals surface area contributed by atoms with E-state index in [4.69, 9.17) is 9.72 Å². The number of methoxy groups -OCH3 is 1. The van der Waals surface area contributed by atoms with Gasteiger partial charge >= 0.3 is 0 Å². The maximum atomic E-state index is 13.3. The SMILES string of the molecule is CCCCN(C)C(=O)c1cc(-c2csc(Nc3cccnc3)n2)n(CCc2ccc(OC)cc2)c1C. The van der Waals surface area contributed by atoms with Crippen LogP contribution in [0, 0.1) is 6.92 Å². The molecule has 4 aromatic rings. The van der Waals surface area contributed by atoms with E-state index in [-0.39, 0.29) is 5.91 Å². The number of amides is 1. The Hall–Kier alpha value is -3.65. The summed E-state index contributed by atoms with van der Waals surface area (Å²) in [7, 11) is 3.55. The highest BCUT2D eigenvalue weighted by Crippen LogP contribution is 2.31. The highest BCUT2D eigenvalue weighted by atomic mass is 32.1. The van der Waals surface area contributed by atoms with Crippen LogP contribution < -0.4 is 10.1 Å². The van der Waals surface area contributed by atoms with Crippen LogP contribution >= 0.6 is 11.3 Å². The summed E-state index contributed by atoms with van der Waals surface area (Å²) in [5, 5.41) is 6.13. The van der Waals surface area contributed by atoms with Crippen molar-refractivity contribution in [2.45, 2.75) is 39.7 Å². The summed E-state index contributed by atoms with van der Waals surface area (Å²) in [4.78, 5) is 24.1. The first-order valence-corrected chi connectivity index (χ1v) is 13.1. The zero-order valence-corrected chi connectivity index (χ0v) is 22.1. The van der Waals surface area contributed by atoms with Crippen LogP contribution in [0.2, 0.25) is 0 Å². The summed E-state index contributed by atoms with van der Waals surface area (Å²) in [5.74, 6) is 0.894. The number of hydrogen-bond donors (Lipinski definition) is 1. The topological polar surface area (TPSA) is 72.3 Å². The van der Waals surface area contributed by atoms with E-state index in [0.29, 0.717) is 0 Å². The number of carbonyl (C=O) groups is 1. The van der Waals surface area contributed by atoms with Crippen molar-refractivity contribution in [1.29, 1.82) is 0 Å². The second-order valence-corrected chi connectivity index (χ2v) is 9.62. The highest BCUT2D eigenvalue weighted by Gasteiger charge is 2.22. The molecule has 7 nitrogen and oxygen atoms in total. The maximum Gasteiger partial charge on any atom is 0.255 e. The van der Waals surface area contributed by atoms with Crippen molar-refractivity contribution in [3.05, 3.63) is 77.1 Å². The van der Waals surface area contributed by atoms with Gasteiger partial charge in [0.05, 0.1) is 35.9 Å². The van der Waals surface area contributed by atoms with Gasteiger partial charge in [-0.25, -0.2) is 4.98 Å². The van der Waals surface area contributed by atoms with Crippen LogP contribution in [0.5, 0.6) is 5.75 Å². The quantitative estimate of drug-likeness (QED) is 0.265. The Morgan fingerprint density at radius 1 is 1.22 bits per heavy atom. The Labute approximate surface area is 216 Å². The van der Waals surface area contributed by atoms with Crippen molar-refractivity contribution in [1.82, 2.24) is 19.4 Å². The van der Waals surface area contributed by atoms with E-state index < -0.39 is 0 Å². The van der Waals surface area contributed by atoms with Crippen molar-refractivity contribution < 1.29 is 9.53 Å². The average molecular weight is 504 g/mol. The molecule has 0 fully saturated rings. The van der Waals surface area contributed by atoms with Gasteiger partial charge in [0.15, 0.2) is 5.13 Å². The molecule has 3 heterocycles. The first-order chi connectivity index (χ1) is 17.5. The summed E-state index contributed by atoms with van der Waals surface area (Å²) in [6.45, 7) is 5.65. The lowest BCUT2D eigenvalue weighted by atomic mass is 10.1. The molecule has 1 N–H and O–H groups in total. The second-order valence-electron chi connectivity index (χ2n) is 8.76. The summed E-state index contributed by atoms with van der Waals surface area (Å²) in [5.41, 5.74) is 5.58. The lowest BCUT2D eigenvalue weighted by molar-refractivity contribution is 0.0792. The molecule has 0 radical (unpaired) electrons. The van der Waals surface area contributed by atoms with Crippen LogP contribution in [-0.2, 0) is 13.0 Å². The Bertz CT molecular complexity index is 1280. The Kier molecular flexibility index (Phi) is 8.38. The summed E-state index contributed by atoms with van der Waals surface area (Å²) in [6, 6.07) is 14.0. The van der Waals surface area contributed by atoms with Crippen LogP contribution in [-0.4, -0.2) is 46.0 Å². The van der Waals surface area contributed by atoms with Gasteiger partial charge in [-0.3, -0.25) is 9.78 Å². The summed E-state index contributed by atoms with van der Waals surface area (Å²) >= 11 is 1.53. The highest BCUT2D eigenvalue weighted by molar-refractivity contribution is 7.14. The predicted octanol–water partition coefficient (Wildman–Crippen LogP) is 6.18. The molecule has 4 rings (SSSR count). The monoisotopic (exact) mass is 503 g/mol. The fourth-order valence-electron chi connectivity index (χ4n) is 4.11. The van der Waals surface area contributed by atoms with Gasteiger partial charge in [0.1, 0.15) is 5.75 Å². The van der Waals surface area contributed by atoms with Gasteiger partial charge in [-0.15, -0.1) is 11.3 Å². The van der Waals surface area contributed by atoms with E-state index in [2.05, 4.69) is 33.9 Å². The number of rotatable bonds is 11. The molecule has 3 aromatic heterocycles. The molecule has 0 aliphatic heterocycles. The zero-order valence-electron chi connectivity index (χ0n) is 21.3. The van der Waals surface area contributed by atoms with Crippen LogP contribution in [0.4, 0.5) is 10.8 Å². The van der Waals surface area contributed by atoms with Crippen molar-refractivity contribution in [2.75, 3.05) is 26.0 Å². The molecule has 0 saturated carbocycles. The number of nitrogens with one attached hydrogen (secondary N) is 1. The number of anilines is 2. The minimum atomic E-state index is 0.0503. The van der Waals surface area contributed by atoms with Crippen LogP contribution in [0.1, 0.15) is 41.4 Å². The molecule has 0 spiro atoms. The number of nitrogens with zero attached hydrogens (tertiary/aromatic N) is 4. The summed E-state index contributed by atoms with van der Waals surface area (Å²) in [6.07, 6.45) is 6.38. The Balaban J connectivity index is 1.63. The standard InChI is InChI=1S/C28H33N5O2S/c1-5-6-15-32(3)27(34)24-17-26(25-19-36-28(31-25)30-22-8-7-14-29-18-22)33(20(24)2)16-13-21-9-11-23(35-4)12-10-21/h7-12,14,17-19H,5-6,13,15-16H2,1-4H3,(H,30,31). The van der Waals surface area contributed by atoms with E-state index >= 15 is 0 Å². The first-order valence-electron chi connectivity index (χ1n) is 12.2. The number of ether oxygens (including phenoxy) is 1. The van der Waals surface area contributed by atoms with Gasteiger partial charge in [0, 0.05) is 37.4 Å². The first kappa shape index (κ1) is 25.4. The number of carbonyl (C=O) groups excluding carboxylic acids is 1. The molecule has 8 heteroatoms. The minimum absolute atomic E-state index is 0.0503. The Morgan fingerprint density at radius 3 is 2.72 bits per heavy atom. The molecule has 0 atom stereocenters. The molecular formula is C28H33N5O2S. The number of thiazole rings is 1. The van der Waals surface area contributed by atoms with Gasteiger partial charge in [0.25, 0.3) is 5.91 Å². The lowest BCUT2D eigenvalue weighted by Gasteiger charge is -2.17. The molecule has 0 bridgehead atoms. The van der Waals surface area contributed by atoms with Crippen molar-refractivity contribution in [3.63, 3.8) is 0 Å². The molecule has 1 amide bonds. The Morgan fingerprint density at radius 2 is 2.03 bits per heavy atom. The number of aromatic nitrogens is 3. The van der Waals surface area contributed by atoms with Gasteiger partial charge < -0.3 is 19.5 Å². The van der Waals surface area contributed by atoms with Crippen LogP contribution in [0.3, 0.4) is 0 Å². The lowest BCUT2D eigenvalue weighted by Crippen LogP contribution is -2.28. The number of aryl methyl sites for hydroxylation is 1. The maximum absolute atomic E-state index is 13.3. The van der Waals surface area contributed by atoms with E-state index in [0.717, 1.165) is 71.6 Å². The van der Waals surface area contributed by atoms with Crippen molar-refractivity contribution in [2.24, 2.45) is 0 Å². The predicted molar refractivity (Wildman–Crippen MR) is 146 cm³/mol. The summed E-state index contributed by atoms with van der Waals surface area (Å²) < 4.78 is 7.50. The molecule has 36 heavy (non-hydrogen) atoms. The average Bonchev–Trinajstić information content (AvgIpc) is 3.50. The molecule has 1 aromatic carbocycles. The molecular weight excluding hydrogens is 470 g/mol. The van der Waals surface area contributed by atoms with E-state index in [1.807, 2.05) is 54.6 Å². The van der Waals surface area contributed by atoms with Crippen molar-refractivity contribution in [3.8, 4) is 17.1 Å². The molecule has 188 valence electrons. The zero-order chi connectivity index (χ0) is 25.5. The third-order valence-corrected chi connectivity index (χ3v) is 7.01.